The fourth-order valence-electron chi connectivity index (χ4n) is 2.04. The lowest BCUT2D eigenvalue weighted by atomic mass is 10.1. The highest BCUT2D eigenvalue weighted by molar-refractivity contribution is 5.30. The number of halogens is 4. The van der Waals surface area contributed by atoms with Crippen molar-refractivity contribution in [3.05, 3.63) is 52.2 Å². The number of aromatic nitrogens is 1. The molecule has 21 heavy (non-hydrogen) atoms. The molecule has 0 unspecified atom stereocenters. The van der Waals surface area contributed by atoms with Crippen LogP contribution >= 0.6 is 0 Å². The molecule has 1 N–H and O–H groups in total. The summed E-state index contributed by atoms with van der Waals surface area (Å²) in [6, 6.07) is 2.66. The molecule has 1 aromatic heterocycles. The Labute approximate surface area is 118 Å². The standard InChI is InChI=1S/C14H14F4N2O/c1-8-12(9(2)21-20-8)7-19-6-10-3-4-11(15)5-13(10)14(16,17)18/h3-5,19H,6-7H2,1-2H3. The van der Waals surface area contributed by atoms with Crippen molar-refractivity contribution in [1.29, 1.82) is 0 Å². The first-order valence-corrected chi connectivity index (χ1v) is 6.27. The molecule has 0 spiro atoms. The Bertz CT molecular complexity index is 615. The van der Waals surface area contributed by atoms with Crippen molar-refractivity contribution in [2.75, 3.05) is 0 Å². The van der Waals surface area contributed by atoms with E-state index in [-0.39, 0.29) is 12.1 Å². The van der Waals surface area contributed by atoms with E-state index in [1.165, 1.54) is 0 Å². The highest BCUT2D eigenvalue weighted by Crippen LogP contribution is 2.32. The average molecular weight is 302 g/mol. The number of hydrogen-bond acceptors (Lipinski definition) is 3. The van der Waals surface area contributed by atoms with Gasteiger partial charge in [-0.15, -0.1) is 0 Å². The summed E-state index contributed by atoms with van der Waals surface area (Å²) in [5.74, 6) is -0.285. The van der Waals surface area contributed by atoms with Crippen molar-refractivity contribution in [1.82, 2.24) is 10.5 Å². The summed E-state index contributed by atoms with van der Waals surface area (Å²) in [6.45, 7) is 3.79. The van der Waals surface area contributed by atoms with Gasteiger partial charge in [0.2, 0.25) is 0 Å². The zero-order valence-corrected chi connectivity index (χ0v) is 11.5. The van der Waals surface area contributed by atoms with Crippen LogP contribution in [0.15, 0.2) is 22.7 Å². The Morgan fingerprint density at radius 3 is 2.48 bits per heavy atom. The molecule has 0 aliphatic heterocycles. The van der Waals surface area contributed by atoms with Crippen LogP contribution in [-0.2, 0) is 19.3 Å². The highest BCUT2D eigenvalue weighted by Gasteiger charge is 2.33. The summed E-state index contributed by atoms with van der Waals surface area (Å²) in [6.07, 6.45) is -4.58. The molecule has 0 atom stereocenters. The fraction of sp³-hybridized carbons (Fsp3) is 0.357. The Morgan fingerprint density at radius 1 is 1.19 bits per heavy atom. The van der Waals surface area contributed by atoms with Gasteiger partial charge in [-0.3, -0.25) is 0 Å². The molecule has 3 nitrogen and oxygen atoms in total. The molecule has 0 amide bonds. The summed E-state index contributed by atoms with van der Waals surface area (Å²) in [4.78, 5) is 0. The Balaban J connectivity index is 2.10. The number of hydrogen-bond donors (Lipinski definition) is 1. The molecule has 0 aliphatic rings. The SMILES string of the molecule is Cc1noc(C)c1CNCc1ccc(F)cc1C(F)(F)F. The van der Waals surface area contributed by atoms with Crippen molar-refractivity contribution < 1.29 is 22.1 Å². The minimum atomic E-state index is -4.58. The van der Waals surface area contributed by atoms with E-state index >= 15 is 0 Å². The molecule has 1 aromatic carbocycles. The van der Waals surface area contributed by atoms with Crippen molar-refractivity contribution in [3.8, 4) is 0 Å². The topological polar surface area (TPSA) is 38.1 Å². The van der Waals surface area contributed by atoms with Gasteiger partial charge in [0.05, 0.1) is 11.3 Å². The number of benzene rings is 1. The minimum absolute atomic E-state index is 0.00402. The second-order valence-electron chi connectivity index (χ2n) is 4.71. The fourth-order valence-corrected chi connectivity index (χ4v) is 2.04. The molecular weight excluding hydrogens is 288 g/mol. The number of rotatable bonds is 4. The summed E-state index contributed by atoms with van der Waals surface area (Å²) in [5, 5.41) is 6.66. The third-order valence-electron chi connectivity index (χ3n) is 3.18. The molecule has 1 heterocycles. The van der Waals surface area contributed by atoms with Crippen LogP contribution in [0.4, 0.5) is 17.6 Å². The molecule has 114 valence electrons. The lowest BCUT2D eigenvalue weighted by molar-refractivity contribution is -0.138. The van der Waals surface area contributed by atoms with Gasteiger partial charge in [-0.05, 0) is 31.5 Å². The van der Waals surface area contributed by atoms with Gasteiger partial charge >= 0.3 is 6.18 Å². The molecule has 0 saturated carbocycles. The Hall–Kier alpha value is -1.89. The van der Waals surface area contributed by atoms with Crippen LogP contribution in [-0.4, -0.2) is 5.16 Å². The third-order valence-corrected chi connectivity index (χ3v) is 3.18. The van der Waals surface area contributed by atoms with E-state index < -0.39 is 17.6 Å². The second-order valence-corrected chi connectivity index (χ2v) is 4.71. The third kappa shape index (κ3) is 3.60. The lowest BCUT2D eigenvalue weighted by Crippen LogP contribution is -2.18. The molecule has 0 radical (unpaired) electrons. The molecule has 2 rings (SSSR count). The maximum absolute atomic E-state index is 13.0. The molecule has 0 fully saturated rings. The minimum Gasteiger partial charge on any atom is -0.361 e. The van der Waals surface area contributed by atoms with Crippen molar-refractivity contribution in [2.45, 2.75) is 33.1 Å². The van der Waals surface area contributed by atoms with Gasteiger partial charge in [0, 0.05) is 18.7 Å². The second kappa shape index (κ2) is 5.85. The van der Waals surface area contributed by atoms with E-state index in [0.29, 0.717) is 24.1 Å². The van der Waals surface area contributed by atoms with Crippen LogP contribution in [0.25, 0.3) is 0 Å². The van der Waals surface area contributed by atoms with Gasteiger partial charge < -0.3 is 9.84 Å². The van der Waals surface area contributed by atoms with Crippen LogP contribution in [0.2, 0.25) is 0 Å². The molecule has 0 saturated heterocycles. The van der Waals surface area contributed by atoms with E-state index in [9.17, 15) is 17.6 Å². The molecule has 2 aromatic rings. The van der Waals surface area contributed by atoms with Gasteiger partial charge in [0.25, 0.3) is 0 Å². The van der Waals surface area contributed by atoms with E-state index in [1.807, 2.05) is 0 Å². The van der Waals surface area contributed by atoms with Crippen molar-refractivity contribution >= 4 is 0 Å². The van der Waals surface area contributed by atoms with Crippen molar-refractivity contribution in [2.24, 2.45) is 0 Å². The molecule has 0 bridgehead atoms. The van der Waals surface area contributed by atoms with Crippen LogP contribution < -0.4 is 5.32 Å². The first kappa shape index (κ1) is 15.5. The maximum Gasteiger partial charge on any atom is 0.416 e. The Kier molecular flexibility index (Phi) is 4.32. The zero-order valence-electron chi connectivity index (χ0n) is 11.5. The lowest BCUT2D eigenvalue weighted by Gasteiger charge is -2.13. The van der Waals surface area contributed by atoms with Crippen molar-refractivity contribution in [3.63, 3.8) is 0 Å². The van der Waals surface area contributed by atoms with Gasteiger partial charge in [-0.1, -0.05) is 11.2 Å². The molecule has 0 aliphatic carbocycles. The quantitative estimate of drug-likeness (QED) is 0.874. The summed E-state index contributed by atoms with van der Waals surface area (Å²) >= 11 is 0. The maximum atomic E-state index is 13.0. The normalized spacial score (nSPS) is 11.9. The van der Waals surface area contributed by atoms with E-state index in [0.717, 1.165) is 17.7 Å². The van der Waals surface area contributed by atoms with Gasteiger partial charge in [0.1, 0.15) is 11.6 Å². The van der Waals surface area contributed by atoms with Gasteiger partial charge in [-0.25, -0.2) is 4.39 Å². The first-order chi connectivity index (χ1) is 9.79. The smallest absolute Gasteiger partial charge is 0.361 e. The first-order valence-electron chi connectivity index (χ1n) is 6.27. The summed E-state index contributed by atoms with van der Waals surface area (Å²) in [7, 11) is 0. The summed E-state index contributed by atoms with van der Waals surface area (Å²) < 4.78 is 56.5. The van der Waals surface area contributed by atoms with E-state index in [2.05, 4.69) is 10.5 Å². The van der Waals surface area contributed by atoms with E-state index in [1.54, 1.807) is 13.8 Å². The van der Waals surface area contributed by atoms with Gasteiger partial charge in [-0.2, -0.15) is 13.2 Å². The van der Waals surface area contributed by atoms with E-state index in [4.69, 9.17) is 4.52 Å². The molecule has 7 heteroatoms. The zero-order chi connectivity index (χ0) is 15.6. The number of nitrogens with zero attached hydrogens (tertiary/aromatic N) is 1. The number of alkyl halides is 3. The van der Waals surface area contributed by atoms with Crippen LogP contribution in [0.3, 0.4) is 0 Å². The number of aryl methyl sites for hydroxylation is 2. The predicted molar refractivity (Wildman–Crippen MR) is 67.9 cm³/mol. The average Bonchev–Trinajstić information content (AvgIpc) is 2.71. The van der Waals surface area contributed by atoms with Crippen LogP contribution in [0.5, 0.6) is 0 Å². The van der Waals surface area contributed by atoms with Crippen LogP contribution in [0.1, 0.15) is 28.1 Å². The molecular formula is C14H14F4N2O. The number of nitrogens with one attached hydrogen (secondary N) is 1. The van der Waals surface area contributed by atoms with Crippen LogP contribution in [0, 0.1) is 19.7 Å². The predicted octanol–water partition coefficient (Wildman–Crippen LogP) is 3.74. The largest absolute Gasteiger partial charge is 0.416 e. The highest BCUT2D eigenvalue weighted by atomic mass is 19.4. The Morgan fingerprint density at radius 2 is 1.90 bits per heavy atom. The summed E-state index contributed by atoms with van der Waals surface area (Å²) in [5.41, 5.74) is 0.533. The van der Waals surface area contributed by atoms with Gasteiger partial charge in [0.15, 0.2) is 0 Å². The monoisotopic (exact) mass is 302 g/mol.